The summed E-state index contributed by atoms with van der Waals surface area (Å²) >= 11 is 0. The molecular weight excluding hydrogens is 524 g/mol. The molecule has 0 radical (unpaired) electrons. The number of aliphatic hydroxyl groups excluding tert-OH is 1. The minimum Gasteiger partial charge on any atom is -0.487 e. The third-order valence-electron chi connectivity index (χ3n) is 11.0. The van der Waals surface area contributed by atoms with Gasteiger partial charge in [-0.3, -0.25) is 0 Å². The zero-order chi connectivity index (χ0) is 28.9. The largest absolute Gasteiger partial charge is 0.487 e. The van der Waals surface area contributed by atoms with E-state index < -0.39 is 0 Å². The van der Waals surface area contributed by atoms with Gasteiger partial charge < -0.3 is 25.8 Å². The van der Waals surface area contributed by atoms with E-state index in [1.54, 1.807) is 6.20 Å². The molecule has 5 atom stereocenters. The normalized spacial score (nSPS) is 34.0. The minimum atomic E-state index is -0.187. The molecule has 0 saturated heterocycles. The van der Waals surface area contributed by atoms with Crippen molar-refractivity contribution in [3.8, 4) is 11.8 Å². The first-order chi connectivity index (χ1) is 20.3. The molecule has 0 spiro atoms. The Balaban J connectivity index is 0.986. The molecule has 1 unspecified atom stereocenters. The van der Waals surface area contributed by atoms with E-state index in [0.29, 0.717) is 35.8 Å². The Morgan fingerprint density at radius 2 is 1.86 bits per heavy atom. The maximum atomic E-state index is 9.88. The quantitative estimate of drug-likeness (QED) is 0.316. The first-order valence-corrected chi connectivity index (χ1v) is 16.2. The number of hydrogen-bond donors (Lipinski definition) is 4. The molecule has 1 aromatic heterocycles. The summed E-state index contributed by atoms with van der Waals surface area (Å²) in [6.07, 6.45) is 13.2. The van der Waals surface area contributed by atoms with Gasteiger partial charge in [0.15, 0.2) is 0 Å². The van der Waals surface area contributed by atoms with Gasteiger partial charge in [-0.25, -0.2) is 4.98 Å². The lowest BCUT2D eigenvalue weighted by Gasteiger charge is -2.60. The van der Waals surface area contributed by atoms with Crippen LogP contribution < -0.4 is 20.7 Å². The van der Waals surface area contributed by atoms with E-state index in [2.05, 4.69) is 59.1 Å². The first-order valence-electron chi connectivity index (χ1n) is 16.2. The van der Waals surface area contributed by atoms with Gasteiger partial charge in [0, 0.05) is 31.1 Å². The summed E-state index contributed by atoms with van der Waals surface area (Å²) < 4.78 is 6.24. The van der Waals surface area contributed by atoms with E-state index in [9.17, 15) is 10.4 Å². The van der Waals surface area contributed by atoms with Crippen molar-refractivity contribution in [2.45, 2.75) is 102 Å². The lowest BCUT2D eigenvalue weighted by atomic mass is 9.48. The standard InChI is InChI=1S/C34H46N6O2/c1-33(2)13-23-4-3-5-24(30(23)42-33)18-37-32-38-19-27(16-35)31(40-32)39-20-34-12-22-10-25(14-34)29(26(11-22)15-34)36-17-21-6-8-28(41)9-7-21/h3-5,19,21-22,25-26,28-29,36,41H,6-15,17-18,20H2,1-2H3,(H2,37,38,39,40)/t21-,22?,25-,26+,28-,29-,34-. The van der Waals surface area contributed by atoms with Crippen LogP contribution in [-0.4, -0.2) is 45.9 Å². The number of nitriles is 1. The van der Waals surface area contributed by atoms with Crippen LogP contribution in [0.2, 0.25) is 0 Å². The second kappa shape index (κ2) is 11.0. The van der Waals surface area contributed by atoms with Crippen LogP contribution in [0.5, 0.6) is 5.75 Å². The zero-order valence-electron chi connectivity index (χ0n) is 25.2. The topological polar surface area (TPSA) is 115 Å². The molecular formula is C34H46N6O2. The van der Waals surface area contributed by atoms with Crippen molar-refractivity contribution < 1.29 is 9.84 Å². The van der Waals surface area contributed by atoms with Gasteiger partial charge in [-0.05, 0) is 113 Å². The van der Waals surface area contributed by atoms with Crippen molar-refractivity contribution in [1.29, 1.82) is 5.26 Å². The molecule has 5 fully saturated rings. The Kier molecular flexibility index (Phi) is 7.30. The van der Waals surface area contributed by atoms with Crippen LogP contribution >= 0.6 is 0 Å². The van der Waals surface area contributed by atoms with Crippen LogP contribution in [0.3, 0.4) is 0 Å². The molecule has 5 aliphatic carbocycles. The molecule has 2 aromatic rings. The maximum Gasteiger partial charge on any atom is 0.224 e. The van der Waals surface area contributed by atoms with E-state index in [1.807, 2.05) is 0 Å². The summed E-state index contributed by atoms with van der Waals surface area (Å²) in [5.74, 6) is 5.15. The monoisotopic (exact) mass is 570 g/mol. The number of aliphatic hydroxyl groups is 1. The van der Waals surface area contributed by atoms with Crippen LogP contribution in [0.15, 0.2) is 24.4 Å². The predicted octanol–water partition coefficient (Wildman–Crippen LogP) is 5.42. The average Bonchev–Trinajstić information content (AvgIpc) is 3.29. The molecule has 8 nitrogen and oxygen atoms in total. The third kappa shape index (κ3) is 5.58. The Bertz CT molecular complexity index is 1330. The molecule has 4 bridgehead atoms. The van der Waals surface area contributed by atoms with Gasteiger partial charge in [0.05, 0.1) is 12.3 Å². The SMILES string of the molecule is CC1(C)Cc2cccc(CNc3ncc(C#N)c(NC[C@]45CC6C[C@H](C4)[C@@H](NC[C@H]4CC[C@H](O)CC4)[C@@H](C6)C5)n3)c2O1. The summed E-state index contributed by atoms with van der Waals surface area (Å²) in [6, 6.07) is 9.24. The molecule has 5 saturated carbocycles. The molecule has 4 N–H and O–H groups in total. The second-order valence-corrected chi connectivity index (χ2v) is 14.8. The number of rotatable bonds is 9. The summed E-state index contributed by atoms with van der Waals surface area (Å²) in [6.45, 7) is 6.78. The fourth-order valence-corrected chi connectivity index (χ4v) is 9.34. The summed E-state index contributed by atoms with van der Waals surface area (Å²) in [5, 5.41) is 30.7. The number of anilines is 2. The highest BCUT2D eigenvalue weighted by atomic mass is 16.5. The maximum absolute atomic E-state index is 9.88. The van der Waals surface area contributed by atoms with Crippen molar-refractivity contribution in [1.82, 2.24) is 15.3 Å². The molecule has 8 rings (SSSR count). The van der Waals surface area contributed by atoms with Gasteiger partial charge in [0.1, 0.15) is 28.8 Å². The number of para-hydroxylation sites is 1. The molecule has 0 amide bonds. The predicted molar refractivity (Wildman–Crippen MR) is 163 cm³/mol. The highest BCUT2D eigenvalue weighted by Gasteiger charge is 2.55. The lowest BCUT2D eigenvalue weighted by Crippen LogP contribution is -2.60. The summed E-state index contributed by atoms with van der Waals surface area (Å²) in [7, 11) is 0. The summed E-state index contributed by atoms with van der Waals surface area (Å²) in [4.78, 5) is 9.22. The van der Waals surface area contributed by atoms with Gasteiger partial charge in [-0.1, -0.05) is 18.2 Å². The van der Waals surface area contributed by atoms with E-state index in [-0.39, 0.29) is 17.1 Å². The molecule has 2 heterocycles. The van der Waals surface area contributed by atoms with Crippen molar-refractivity contribution >= 4 is 11.8 Å². The number of nitrogens with zero attached hydrogens (tertiary/aromatic N) is 3. The van der Waals surface area contributed by atoms with Crippen molar-refractivity contribution in [3.05, 3.63) is 41.1 Å². The number of aromatic nitrogens is 2. The zero-order valence-corrected chi connectivity index (χ0v) is 25.2. The van der Waals surface area contributed by atoms with Gasteiger partial charge in [-0.2, -0.15) is 10.2 Å². The van der Waals surface area contributed by atoms with Crippen LogP contribution in [-0.2, 0) is 13.0 Å². The molecule has 1 aliphatic heterocycles. The van der Waals surface area contributed by atoms with Crippen LogP contribution in [0.4, 0.5) is 11.8 Å². The highest BCUT2D eigenvalue weighted by Crippen LogP contribution is 2.60. The Morgan fingerprint density at radius 3 is 2.62 bits per heavy atom. The lowest BCUT2D eigenvalue weighted by molar-refractivity contribution is -0.0705. The number of hydrogen-bond acceptors (Lipinski definition) is 8. The Labute approximate surface area is 250 Å². The number of fused-ring (bicyclic) bond motifs is 1. The van der Waals surface area contributed by atoms with Crippen molar-refractivity contribution in [2.24, 2.45) is 29.1 Å². The smallest absolute Gasteiger partial charge is 0.224 e. The third-order valence-corrected chi connectivity index (χ3v) is 11.0. The van der Waals surface area contributed by atoms with Crippen molar-refractivity contribution in [2.75, 3.05) is 23.7 Å². The minimum absolute atomic E-state index is 0.0789. The van der Waals surface area contributed by atoms with E-state index >= 15 is 0 Å². The number of ether oxygens (including phenoxy) is 1. The molecule has 224 valence electrons. The molecule has 42 heavy (non-hydrogen) atoms. The molecule has 6 aliphatic rings. The first kappa shape index (κ1) is 27.9. The molecule has 1 aromatic carbocycles. The average molecular weight is 571 g/mol. The number of nitrogens with one attached hydrogen (secondary N) is 3. The fraction of sp³-hybridized carbons (Fsp3) is 0.676. The molecule has 8 heteroatoms. The van der Waals surface area contributed by atoms with Gasteiger partial charge >= 0.3 is 0 Å². The van der Waals surface area contributed by atoms with E-state index in [1.165, 1.54) is 37.7 Å². The number of benzene rings is 1. The van der Waals surface area contributed by atoms with Gasteiger partial charge in [-0.15, -0.1) is 0 Å². The van der Waals surface area contributed by atoms with Gasteiger partial charge in [0.25, 0.3) is 0 Å². The van der Waals surface area contributed by atoms with E-state index in [4.69, 9.17) is 9.72 Å². The van der Waals surface area contributed by atoms with Crippen molar-refractivity contribution in [3.63, 3.8) is 0 Å². The summed E-state index contributed by atoms with van der Waals surface area (Å²) in [5.41, 5.74) is 2.92. The second-order valence-electron chi connectivity index (χ2n) is 14.8. The fourth-order valence-electron chi connectivity index (χ4n) is 9.34. The highest BCUT2D eigenvalue weighted by molar-refractivity contribution is 5.54. The Hall–Kier alpha value is -2.89. The van der Waals surface area contributed by atoms with Crippen LogP contribution in [0.25, 0.3) is 0 Å². The van der Waals surface area contributed by atoms with Crippen LogP contribution in [0.1, 0.15) is 88.3 Å². The Morgan fingerprint density at radius 1 is 1.07 bits per heavy atom. The van der Waals surface area contributed by atoms with E-state index in [0.717, 1.165) is 74.3 Å². The van der Waals surface area contributed by atoms with Gasteiger partial charge in [0.2, 0.25) is 5.95 Å². The van der Waals surface area contributed by atoms with Crippen LogP contribution in [0, 0.1) is 40.4 Å².